The van der Waals surface area contributed by atoms with Crippen LogP contribution in [0.4, 0.5) is 0 Å². The fourth-order valence-corrected chi connectivity index (χ4v) is 3.73. The zero-order valence-electron chi connectivity index (χ0n) is 4.67. The predicted molar refractivity (Wildman–Crippen MR) is 60.4 cm³/mol. The molecule has 0 aliphatic heterocycles. The summed E-state index contributed by atoms with van der Waals surface area (Å²) in [6.07, 6.45) is 0. The summed E-state index contributed by atoms with van der Waals surface area (Å²) in [4.78, 5) is 0. The number of nitrogens with zero attached hydrogens (tertiary/aromatic N) is 2. The van der Waals surface area contributed by atoms with E-state index in [2.05, 4.69) is 34.0 Å². The molecule has 0 spiro atoms. The Bertz CT molecular complexity index is 256. The molecule has 0 aromatic carbocycles. The van der Waals surface area contributed by atoms with Crippen molar-refractivity contribution in [2.45, 2.75) is 0 Å². The summed E-state index contributed by atoms with van der Waals surface area (Å²) >= 11 is 30.4. The van der Waals surface area contributed by atoms with Gasteiger partial charge in [-0.3, -0.25) is 0 Å². The van der Waals surface area contributed by atoms with Crippen LogP contribution in [0.15, 0.2) is 9.53 Å². The second-order valence-corrected chi connectivity index (χ2v) is 17.2. The van der Waals surface area contributed by atoms with Gasteiger partial charge in [0.1, 0.15) is 0 Å². The molecule has 9 heteroatoms. The Morgan fingerprint density at radius 2 is 1.18 bits per heavy atom. The van der Waals surface area contributed by atoms with E-state index in [4.69, 9.17) is 45.0 Å². The molecular weight excluding hydrogens is 289 g/mol. The Kier molecular flexibility index (Phi) is 3.16. The van der Waals surface area contributed by atoms with Crippen LogP contribution in [0.25, 0.3) is 0 Å². The van der Waals surface area contributed by atoms with E-state index in [9.17, 15) is 0 Å². The molecule has 0 radical (unpaired) electrons. The molecule has 0 heterocycles. The minimum atomic E-state index is -5.10. The van der Waals surface area contributed by atoms with E-state index in [0.717, 1.165) is 0 Å². The molecule has 0 N–H and O–H groups in total. The molecule has 0 aliphatic rings. The van der Waals surface area contributed by atoms with Crippen LogP contribution in [-0.4, -0.2) is 10.3 Å². The van der Waals surface area contributed by atoms with E-state index in [1.807, 2.05) is 10.3 Å². The van der Waals surface area contributed by atoms with Crippen molar-refractivity contribution in [1.29, 1.82) is 0 Å². The average Bonchev–Trinajstić information content (AvgIpc) is 1.59. The molecule has 0 rings (SSSR count). The monoisotopic (exact) mass is 287 g/mol. The third-order valence-electron chi connectivity index (χ3n) is 0.473. The molecule has 0 fully saturated rings. The number of halogens is 4. The first-order valence-corrected chi connectivity index (χ1v) is 8.96. The summed E-state index contributed by atoms with van der Waals surface area (Å²) < 4.78 is 1.26. The van der Waals surface area contributed by atoms with Gasteiger partial charge < -0.3 is 0 Å². The second-order valence-electron chi connectivity index (χ2n) is 1.46. The van der Waals surface area contributed by atoms with Gasteiger partial charge in [0, 0.05) is 0 Å². The fourth-order valence-electron chi connectivity index (χ4n) is 0.182. The minimum absolute atomic E-state index is 1.84. The molecule has 0 amide bonds. The molecular formula is C2Cl4N2PS2-. The van der Waals surface area contributed by atoms with Crippen molar-refractivity contribution in [2.75, 3.05) is 0 Å². The summed E-state index contributed by atoms with van der Waals surface area (Å²) in [6, 6.07) is 0. The van der Waals surface area contributed by atoms with Crippen LogP contribution < -0.4 is 0 Å². The molecule has 0 bridgehead atoms. The van der Waals surface area contributed by atoms with E-state index < -0.39 is 3.66 Å². The van der Waals surface area contributed by atoms with E-state index in [1.165, 1.54) is 0 Å². The van der Waals surface area contributed by atoms with Crippen LogP contribution in [-0.2, 0) is 0 Å². The normalized spacial score (nSPS) is 16.7. The predicted octanol–water partition coefficient (Wildman–Crippen LogP) is 4.73. The van der Waals surface area contributed by atoms with Gasteiger partial charge in [-0.05, 0) is 0 Å². The first-order chi connectivity index (χ1) is 4.62. The fraction of sp³-hybridized carbons (Fsp3) is 0. The van der Waals surface area contributed by atoms with Crippen molar-refractivity contribution in [3.8, 4) is 0 Å². The van der Waals surface area contributed by atoms with Crippen molar-refractivity contribution < 1.29 is 0 Å². The Hall–Kier alpha value is 1.19. The molecule has 2 nitrogen and oxygen atoms in total. The molecule has 0 atom stereocenters. The van der Waals surface area contributed by atoms with Crippen molar-refractivity contribution >= 4 is 83.4 Å². The van der Waals surface area contributed by atoms with Gasteiger partial charge in [-0.15, -0.1) is 0 Å². The van der Waals surface area contributed by atoms with Gasteiger partial charge in [0.15, 0.2) is 0 Å². The number of hydrogen-bond donors (Lipinski definition) is 0. The summed E-state index contributed by atoms with van der Waals surface area (Å²) in [5.41, 5.74) is 0. The molecule has 11 heavy (non-hydrogen) atoms. The van der Waals surface area contributed by atoms with Crippen LogP contribution in [0.5, 0.6) is 0 Å². The van der Waals surface area contributed by atoms with Crippen molar-refractivity contribution in [3.63, 3.8) is 0 Å². The maximum atomic E-state index is 5.49. The quantitative estimate of drug-likeness (QED) is 0.417. The van der Waals surface area contributed by atoms with Crippen LogP contribution in [0.1, 0.15) is 0 Å². The molecule has 0 aromatic rings. The van der Waals surface area contributed by atoms with Gasteiger partial charge >= 0.3 is 92.9 Å². The van der Waals surface area contributed by atoms with Gasteiger partial charge in [-0.25, -0.2) is 0 Å². The maximum absolute atomic E-state index is 5.49. The average molecular weight is 289 g/mol. The number of thiocarbonyl (C=S) groups is 2. The summed E-state index contributed by atoms with van der Waals surface area (Å²) in [7, 11) is 0. The van der Waals surface area contributed by atoms with Crippen LogP contribution in [0.2, 0.25) is 0 Å². The van der Waals surface area contributed by atoms with E-state index in [0.29, 0.717) is 0 Å². The van der Waals surface area contributed by atoms with Crippen molar-refractivity contribution in [1.82, 2.24) is 0 Å². The number of rotatable bonds is 2. The van der Waals surface area contributed by atoms with Crippen molar-refractivity contribution in [2.24, 2.45) is 9.53 Å². The summed E-state index contributed by atoms with van der Waals surface area (Å²) in [6.45, 7) is 0. The zero-order valence-corrected chi connectivity index (χ0v) is 10.2. The van der Waals surface area contributed by atoms with Gasteiger partial charge in [-0.1, -0.05) is 0 Å². The van der Waals surface area contributed by atoms with Crippen LogP contribution >= 0.6 is 73.1 Å². The van der Waals surface area contributed by atoms with Crippen LogP contribution in [0, 0.1) is 0 Å². The zero-order chi connectivity index (χ0) is 9.24. The van der Waals surface area contributed by atoms with Gasteiger partial charge in [0.25, 0.3) is 0 Å². The standard InChI is InChI=1S/C2Cl4N2PS2/c3-9(4,5,6,7-1-10)8-2-11/q-1. The van der Waals surface area contributed by atoms with Gasteiger partial charge in [0.05, 0.1) is 0 Å². The van der Waals surface area contributed by atoms with E-state index >= 15 is 0 Å². The number of hydrogen-bond acceptors (Lipinski definition) is 4. The SMILES string of the molecule is S=C=N[P-](Cl)(Cl)(Cl)(Cl)N=C=S. The molecule has 0 unspecified atom stereocenters. The first-order valence-electron chi connectivity index (χ1n) is 1.93. The topological polar surface area (TPSA) is 24.7 Å². The Labute approximate surface area is 92.4 Å². The van der Waals surface area contributed by atoms with Crippen LogP contribution in [0.3, 0.4) is 0 Å². The molecule has 64 valence electrons. The Morgan fingerprint density at radius 1 is 0.909 bits per heavy atom. The molecule has 0 aliphatic carbocycles. The Morgan fingerprint density at radius 3 is 1.36 bits per heavy atom. The van der Waals surface area contributed by atoms with Gasteiger partial charge in [-0.2, -0.15) is 0 Å². The third-order valence-corrected chi connectivity index (χ3v) is 3.72. The second kappa shape index (κ2) is 2.85. The first kappa shape index (κ1) is 12.2. The third kappa shape index (κ3) is 5.43. The molecule has 0 saturated heterocycles. The molecule has 0 saturated carbocycles. The van der Waals surface area contributed by atoms with E-state index in [-0.39, 0.29) is 0 Å². The Balaban J connectivity index is 5.54. The summed E-state index contributed by atoms with van der Waals surface area (Å²) in [5, 5.41) is 3.67. The molecule has 0 aromatic heterocycles. The van der Waals surface area contributed by atoms with Gasteiger partial charge in [0.2, 0.25) is 0 Å². The van der Waals surface area contributed by atoms with E-state index in [1.54, 1.807) is 0 Å². The number of isothiocyanates is 2. The van der Waals surface area contributed by atoms with Crippen molar-refractivity contribution in [3.05, 3.63) is 0 Å². The summed E-state index contributed by atoms with van der Waals surface area (Å²) in [5.74, 6) is 0.